The second kappa shape index (κ2) is 7.79. The fourth-order valence-electron chi connectivity index (χ4n) is 3.39. The van der Waals surface area contributed by atoms with E-state index >= 15 is 0 Å². The Balaban J connectivity index is 0.00000192. The highest BCUT2D eigenvalue weighted by molar-refractivity contribution is 5.85. The van der Waals surface area contributed by atoms with Crippen LogP contribution in [0.3, 0.4) is 0 Å². The summed E-state index contributed by atoms with van der Waals surface area (Å²) in [5.41, 5.74) is 8.06. The highest BCUT2D eigenvalue weighted by Crippen LogP contribution is 2.20. The van der Waals surface area contributed by atoms with Gasteiger partial charge in [-0.2, -0.15) is 0 Å². The third-order valence-corrected chi connectivity index (χ3v) is 4.82. The molecular formula is C17H24ClN3O2. The van der Waals surface area contributed by atoms with Gasteiger partial charge < -0.3 is 10.6 Å². The minimum absolute atomic E-state index is 0. The van der Waals surface area contributed by atoms with Gasteiger partial charge in [0, 0.05) is 32.1 Å². The van der Waals surface area contributed by atoms with Crippen LogP contribution in [0, 0.1) is 5.92 Å². The van der Waals surface area contributed by atoms with Crippen molar-refractivity contribution in [2.75, 3.05) is 26.2 Å². The summed E-state index contributed by atoms with van der Waals surface area (Å²) in [6, 6.07) is 8.44. The number of piperidine rings is 1. The first-order chi connectivity index (χ1) is 10.6. The average Bonchev–Trinajstić information content (AvgIpc) is 2.55. The maximum Gasteiger partial charge on any atom is 0.236 e. The summed E-state index contributed by atoms with van der Waals surface area (Å²) in [7, 11) is 0. The van der Waals surface area contributed by atoms with E-state index in [9.17, 15) is 9.59 Å². The topological polar surface area (TPSA) is 66.6 Å². The largest absolute Gasteiger partial charge is 0.369 e. The number of nitrogens with zero attached hydrogens (tertiary/aromatic N) is 2. The van der Waals surface area contributed by atoms with Gasteiger partial charge in [-0.05, 0) is 30.4 Å². The van der Waals surface area contributed by atoms with E-state index in [-0.39, 0.29) is 30.1 Å². The number of fused-ring (bicyclic) bond motifs is 1. The number of halogens is 1. The van der Waals surface area contributed by atoms with E-state index in [1.54, 1.807) is 0 Å². The van der Waals surface area contributed by atoms with Gasteiger partial charge >= 0.3 is 0 Å². The van der Waals surface area contributed by atoms with E-state index in [0.717, 1.165) is 19.5 Å². The molecule has 0 atom stereocenters. The van der Waals surface area contributed by atoms with Crippen molar-refractivity contribution in [1.29, 1.82) is 0 Å². The number of nitrogens with two attached hydrogens (primary N) is 1. The van der Waals surface area contributed by atoms with Gasteiger partial charge in [0.25, 0.3) is 0 Å². The van der Waals surface area contributed by atoms with Crippen LogP contribution in [0.5, 0.6) is 0 Å². The molecule has 1 aromatic rings. The Bertz CT molecular complexity index is 571. The molecule has 0 saturated carbocycles. The normalized spacial score (nSPS) is 18.9. The first-order valence-electron chi connectivity index (χ1n) is 7.99. The van der Waals surface area contributed by atoms with Crippen molar-refractivity contribution in [1.82, 2.24) is 9.80 Å². The predicted octanol–water partition coefficient (Wildman–Crippen LogP) is 1.19. The molecule has 0 aromatic heterocycles. The predicted molar refractivity (Wildman–Crippen MR) is 91.2 cm³/mol. The Labute approximate surface area is 143 Å². The number of amides is 2. The van der Waals surface area contributed by atoms with Crippen LogP contribution < -0.4 is 5.73 Å². The van der Waals surface area contributed by atoms with Crippen LogP contribution in [0.2, 0.25) is 0 Å². The summed E-state index contributed by atoms with van der Waals surface area (Å²) in [5.74, 6) is -0.132. The highest BCUT2D eigenvalue weighted by Gasteiger charge is 2.27. The third-order valence-electron chi connectivity index (χ3n) is 4.82. The molecular weight excluding hydrogens is 314 g/mol. The van der Waals surface area contributed by atoms with Gasteiger partial charge in [0.05, 0.1) is 6.54 Å². The Morgan fingerprint density at radius 3 is 2.39 bits per heavy atom. The molecule has 5 nitrogen and oxygen atoms in total. The molecule has 0 unspecified atom stereocenters. The van der Waals surface area contributed by atoms with E-state index in [0.29, 0.717) is 32.5 Å². The van der Waals surface area contributed by atoms with Crippen LogP contribution in [-0.2, 0) is 22.6 Å². The second-order valence-electron chi connectivity index (χ2n) is 6.29. The summed E-state index contributed by atoms with van der Waals surface area (Å²) in [6.07, 6.45) is 2.40. The maximum absolute atomic E-state index is 12.4. The van der Waals surface area contributed by atoms with E-state index in [1.165, 1.54) is 11.1 Å². The van der Waals surface area contributed by atoms with E-state index in [2.05, 4.69) is 29.2 Å². The molecule has 126 valence electrons. The number of hydrogen-bond donors (Lipinski definition) is 1. The molecule has 0 bridgehead atoms. The minimum Gasteiger partial charge on any atom is -0.369 e. The van der Waals surface area contributed by atoms with Gasteiger partial charge in [-0.1, -0.05) is 24.3 Å². The molecule has 2 amide bonds. The monoisotopic (exact) mass is 337 g/mol. The zero-order chi connectivity index (χ0) is 15.5. The first-order valence-corrected chi connectivity index (χ1v) is 7.99. The molecule has 0 spiro atoms. The smallest absolute Gasteiger partial charge is 0.236 e. The summed E-state index contributed by atoms with van der Waals surface area (Å²) in [6.45, 7) is 3.55. The Kier molecular flexibility index (Phi) is 6.02. The lowest BCUT2D eigenvalue weighted by atomic mass is 9.96. The number of benzene rings is 1. The molecule has 1 aromatic carbocycles. The molecule has 1 fully saturated rings. The van der Waals surface area contributed by atoms with E-state index in [1.807, 2.05) is 4.90 Å². The van der Waals surface area contributed by atoms with Gasteiger partial charge in [-0.15, -0.1) is 12.4 Å². The molecule has 0 radical (unpaired) electrons. The van der Waals surface area contributed by atoms with Gasteiger partial charge in [-0.3, -0.25) is 14.5 Å². The lowest BCUT2D eigenvalue weighted by molar-refractivity contribution is -0.136. The summed E-state index contributed by atoms with van der Waals surface area (Å²) in [5, 5.41) is 0. The number of rotatable bonds is 3. The van der Waals surface area contributed by atoms with Crippen LogP contribution in [0.15, 0.2) is 24.3 Å². The number of hydrogen-bond acceptors (Lipinski definition) is 3. The Morgan fingerprint density at radius 2 is 1.74 bits per heavy atom. The van der Waals surface area contributed by atoms with Crippen LogP contribution in [0.4, 0.5) is 0 Å². The van der Waals surface area contributed by atoms with Crippen LogP contribution >= 0.6 is 12.4 Å². The molecule has 2 aliphatic heterocycles. The Hall–Kier alpha value is -1.59. The minimum atomic E-state index is -0.236. The second-order valence-corrected chi connectivity index (χ2v) is 6.29. The zero-order valence-corrected chi connectivity index (χ0v) is 14.1. The lowest BCUT2D eigenvalue weighted by Crippen LogP contribution is -2.46. The van der Waals surface area contributed by atoms with Crippen LogP contribution in [-0.4, -0.2) is 47.8 Å². The molecule has 3 rings (SSSR count). The molecule has 2 N–H and O–H groups in total. The molecule has 1 saturated heterocycles. The zero-order valence-electron chi connectivity index (χ0n) is 13.2. The standard InChI is InChI=1S/C17H23N3O2.ClH/c18-17(22)14-6-9-20(10-7-14)16(21)12-19-8-5-13-3-1-2-4-15(13)11-19;/h1-4,14H,5-12H2,(H2,18,22);1H. The molecule has 2 aliphatic rings. The van der Waals surface area contributed by atoms with Gasteiger partial charge in [0.2, 0.25) is 11.8 Å². The molecule has 2 heterocycles. The van der Waals surface area contributed by atoms with Crippen LogP contribution in [0.1, 0.15) is 24.0 Å². The number of primary amides is 1. The van der Waals surface area contributed by atoms with Crippen LogP contribution in [0.25, 0.3) is 0 Å². The fraction of sp³-hybridized carbons (Fsp3) is 0.529. The van der Waals surface area contributed by atoms with E-state index < -0.39 is 0 Å². The van der Waals surface area contributed by atoms with Gasteiger partial charge in [0.1, 0.15) is 0 Å². The van der Waals surface area contributed by atoms with Crippen molar-refractivity contribution in [3.8, 4) is 0 Å². The molecule has 23 heavy (non-hydrogen) atoms. The molecule has 6 heteroatoms. The average molecular weight is 338 g/mol. The van der Waals surface area contributed by atoms with Crippen molar-refractivity contribution >= 4 is 24.2 Å². The summed E-state index contributed by atoms with van der Waals surface area (Å²) >= 11 is 0. The summed E-state index contributed by atoms with van der Waals surface area (Å²) < 4.78 is 0. The maximum atomic E-state index is 12.4. The highest BCUT2D eigenvalue weighted by atomic mass is 35.5. The van der Waals surface area contributed by atoms with Crippen molar-refractivity contribution in [2.24, 2.45) is 11.7 Å². The number of carbonyl (C=O) groups excluding carboxylic acids is 2. The van der Waals surface area contributed by atoms with Crippen molar-refractivity contribution in [3.63, 3.8) is 0 Å². The van der Waals surface area contributed by atoms with Crippen molar-refractivity contribution in [3.05, 3.63) is 35.4 Å². The quantitative estimate of drug-likeness (QED) is 0.901. The van der Waals surface area contributed by atoms with Gasteiger partial charge in [-0.25, -0.2) is 0 Å². The fourth-order valence-corrected chi connectivity index (χ4v) is 3.39. The molecule has 0 aliphatic carbocycles. The Morgan fingerprint density at radius 1 is 1.09 bits per heavy atom. The number of likely N-dealkylation sites (tertiary alicyclic amines) is 1. The lowest BCUT2D eigenvalue weighted by Gasteiger charge is -2.34. The number of carbonyl (C=O) groups is 2. The van der Waals surface area contributed by atoms with Crippen molar-refractivity contribution < 1.29 is 9.59 Å². The van der Waals surface area contributed by atoms with E-state index in [4.69, 9.17) is 5.73 Å². The van der Waals surface area contributed by atoms with Gasteiger partial charge in [0.15, 0.2) is 0 Å². The first kappa shape index (κ1) is 17.8. The summed E-state index contributed by atoms with van der Waals surface area (Å²) in [4.78, 5) is 27.7. The SMILES string of the molecule is Cl.NC(=O)C1CCN(C(=O)CN2CCc3ccccc3C2)CC1. The van der Waals surface area contributed by atoms with Crippen molar-refractivity contribution in [2.45, 2.75) is 25.8 Å². The third kappa shape index (κ3) is 4.24.